The van der Waals surface area contributed by atoms with Crippen molar-refractivity contribution in [3.63, 3.8) is 0 Å². The standard InChI is InChI=1S/C11H19NO5/c1-11(2,3)10(16)12-7(9(14)15)5-6-8(13)17-4/h7H,5-6H2,1-4H3,(H,12,16)(H,14,15)/t7-/m1/s1. The van der Waals surface area contributed by atoms with Crippen LogP contribution in [0, 0.1) is 5.41 Å². The monoisotopic (exact) mass is 245 g/mol. The second-order valence-corrected chi connectivity index (χ2v) is 4.73. The molecule has 6 nitrogen and oxygen atoms in total. The number of hydrogen-bond donors (Lipinski definition) is 2. The summed E-state index contributed by atoms with van der Waals surface area (Å²) in [5.74, 6) is -2.03. The number of carboxylic acid groups (broad SMARTS) is 1. The van der Waals surface area contributed by atoms with Crippen molar-refractivity contribution < 1.29 is 24.2 Å². The summed E-state index contributed by atoms with van der Waals surface area (Å²) in [6.07, 6.45) is -0.0261. The maximum atomic E-state index is 11.6. The average Bonchev–Trinajstić information content (AvgIpc) is 2.21. The third-order valence-corrected chi connectivity index (χ3v) is 2.15. The highest BCUT2D eigenvalue weighted by molar-refractivity contribution is 5.86. The first-order valence-corrected chi connectivity index (χ1v) is 5.29. The molecule has 0 aromatic rings. The molecule has 1 atom stereocenters. The van der Waals surface area contributed by atoms with E-state index in [9.17, 15) is 14.4 Å². The predicted molar refractivity (Wildman–Crippen MR) is 60.3 cm³/mol. The molecule has 0 aromatic carbocycles. The van der Waals surface area contributed by atoms with E-state index >= 15 is 0 Å². The number of carbonyl (C=O) groups is 3. The third kappa shape index (κ3) is 5.89. The van der Waals surface area contributed by atoms with Crippen LogP contribution in [0.3, 0.4) is 0 Å². The molecule has 0 aliphatic rings. The number of carbonyl (C=O) groups excluding carboxylic acids is 2. The van der Waals surface area contributed by atoms with Crippen molar-refractivity contribution in [3.05, 3.63) is 0 Å². The Morgan fingerprint density at radius 3 is 2.18 bits per heavy atom. The van der Waals surface area contributed by atoms with E-state index in [1.165, 1.54) is 7.11 Å². The molecule has 0 aromatic heterocycles. The van der Waals surface area contributed by atoms with E-state index in [2.05, 4.69) is 10.1 Å². The summed E-state index contributed by atoms with van der Waals surface area (Å²) in [6.45, 7) is 5.05. The van der Waals surface area contributed by atoms with Crippen molar-refractivity contribution in [2.75, 3.05) is 7.11 Å². The minimum absolute atomic E-state index is 0.0177. The molecular weight excluding hydrogens is 226 g/mol. The van der Waals surface area contributed by atoms with Crippen LogP contribution in [0.2, 0.25) is 0 Å². The zero-order valence-electron chi connectivity index (χ0n) is 10.6. The highest BCUT2D eigenvalue weighted by Crippen LogP contribution is 2.13. The van der Waals surface area contributed by atoms with Crippen LogP contribution in [0.5, 0.6) is 0 Å². The molecule has 0 saturated carbocycles. The second-order valence-electron chi connectivity index (χ2n) is 4.73. The van der Waals surface area contributed by atoms with E-state index in [0.717, 1.165) is 0 Å². The Kier molecular flexibility index (Phi) is 5.64. The van der Waals surface area contributed by atoms with Crippen LogP contribution in [0.15, 0.2) is 0 Å². The average molecular weight is 245 g/mol. The molecule has 2 N–H and O–H groups in total. The molecule has 17 heavy (non-hydrogen) atoms. The van der Waals surface area contributed by atoms with Gasteiger partial charge in [-0.05, 0) is 6.42 Å². The lowest BCUT2D eigenvalue weighted by atomic mass is 9.95. The lowest BCUT2D eigenvalue weighted by Crippen LogP contribution is -2.45. The summed E-state index contributed by atoms with van der Waals surface area (Å²) in [4.78, 5) is 33.4. The fourth-order valence-electron chi connectivity index (χ4n) is 0.996. The largest absolute Gasteiger partial charge is 0.480 e. The van der Waals surface area contributed by atoms with E-state index in [1.54, 1.807) is 20.8 Å². The van der Waals surface area contributed by atoms with Crippen molar-refractivity contribution in [3.8, 4) is 0 Å². The van der Waals surface area contributed by atoms with Gasteiger partial charge in [0.15, 0.2) is 0 Å². The Balaban J connectivity index is 4.41. The first kappa shape index (κ1) is 15.4. The van der Waals surface area contributed by atoms with Crippen molar-refractivity contribution in [2.45, 2.75) is 39.7 Å². The van der Waals surface area contributed by atoms with Gasteiger partial charge in [-0.25, -0.2) is 4.79 Å². The molecule has 0 heterocycles. The second kappa shape index (κ2) is 6.22. The van der Waals surface area contributed by atoms with Crippen LogP contribution in [-0.2, 0) is 19.1 Å². The first-order chi connectivity index (χ1) is 7.68. The third-order valence-electron chi connectivity index (χ3n) is 2.15. The zero-order valence-corrected chi connectivity index (χ0v) is 10.6. The number of ether oxygens (including phenoxy) is 1. The highest BCUT2D eigenvalue weighted by Gasteiger charge is 2.27. The SMILES string of the molecule is COC(=O)CC[C@@H](NC(=O)C(C)(C)C)C(=O)O. The van der Waals surface area contributed by atoms with Crippen LogP contribution in [0.1, 0.15) is 33.6 Å². The van der Waals surface area contributed by atoms with Gasteiger partial charge < -0.3 is 15.2 Å². The van der Waals surface area contributed by atoms with Gasteiger partial charge in [0.2, 0.25) is 5.91 Å². The van der Waals surface area contributed by atoms with Crippen LogP contribution in [0.25, 0.3) is 0 Å². The Morgan fingerprint density at radius 2 is 1.82 bits per heavy atom. The molecule has 0 fully saturated rings. The van der Waals surface area contributed by atoms with Crippen LogP contribution in [-0.4, -0.2) is 36.1 Å². The molecule has 98 valence electrons. The lowest BCUT2D eigenvalue weighted by Gasteiger charge is -2.21. The van der Waals surface area contributed by atoms with Crippen LogP contribution >= 0.6 is 0 Å². The van der Waals surface area contributed by atoms with Gasteiger partial charge in [0.25, 0.3) is 0 Å². The molecule has 0 bridgehead atoms. The number of methoxy groups -OCH3 is 1. The number of rotatable bonds is 5. The molecule has 0 rings (SSSR count). The van der Waals surface area contributed by atoms with Gasteiger partial charge in [0.1, 0.15) is 6.04 Å². The Hall–Kier alpha value is -1.59. The van der Waals surface area contributed by atoms with Gasteiger partial charge in [0, 0.05) is 11.8 Å². The van der Waals surface area contributed by atoms with Gasteiger partial charge in [-0.3, -0.25) is 9.59 Å². The molecule has 0 spiro atoms. The molecule has 0 radical (unpaired) electrons. The number of aliphatic carboxylic acids is 1. The zero-order chi connectivity index (χ0) is 13.6. The van der Waals surface area contributed by atoms with Gasteiger partial charge >= 0.3 is 11.9 Å². The van der Waals surface area contributed by atoms with Gasteiger partial charge in [0.05, 0.1) is 7.11 Å². The van der Waals surface area contributed by atoms with Gasteiger partial charge in [-0.1, -0.05) is 20.8 Å². The fourth-order valence-corrected chi connectivity index (χ4v) is 0.996. The predicted octanol–water partition coefficient (Wildman–Crippen LogP) is 0.555. The molecule has 0 saturated heterocycles. The number of nitrogens with one attached hydrogen (secondary N) is 1. The molecule has 1 amide bonds. The summed E-state index contributed by atoms with van der Waals surface area (Å²) >= 11 is 0. The molecular formula is C11H19NO5. The maximum Gasteiger partial charge on any atom is 0.326 e. The van der Waals surface area contributed by atoms with E-state index in [1.807, 2.05) is 0 Å². The number of amides is 1. The van der Waals surface area contributed by atoms with E-state index in [0.29, 0.717) is 0 Å². The van der Waals surface area contributed by atoms with Crippen molar-refractivity contribution in [1.29, 1.82) is 0 Å². The Bertz CT molecular complexity index is 305. The van der Waals surface area contributed by atoms with Crippen molar-refractivity contribution in [2.24, 2.45) is 5.41 Å². The maximum absolute atomic E-state index is 11.6. The summed E-state index contributed by atoms with van der Waals surface area (Å²) in [5.41, 5.74) is -0.668. The van der Waals surface area contributed by atoms with Gasteiger partial charge in [-0.15, -0.1) is 0 Å². The number of carboxylic acids is 1. The summed E-state index contributed by atoms with van der Waals surface area (Å²) in [7, 11) is 1.23. The number of esters is 1. The smallest absolute Gasteiger partial charge is 0.326 e. The topological polar surface area (TPSA) is 92.7 Å². The molecule has 6 heteroatoms. The minimum Gasteiger partial charge on any atom is -0.480 e. The minimum atomic E-state index is -1.16. The first-order valence-electron chi connectivity index (χ1n) is 5.29. The fraction of sp³-hybridized carbons (Fsp3) is 0.727. The molecule has 0 unspecified atom stereocenters. The van der Waals surface area contributed by atoms with E-state index in [-0.39, 0.29) is 18.7 Å². The van der Waals surface area contributed by atoms with E-state index in [4.69, 9.17) is 5.11 Å². The normalized spacial score (nSPS) is 12.7. The van der Waals surface area contributed by atoms with Gasteiger partial charge in [-0.2, -0.15) is 0 Å². The Labute approximate surface area is 100 Å². The summed E-state index contributed by atoms with van der Waals surface area (Å²) in [6, 6.07) is -1.07. The molecule has 0 aliphatic heterocycles. The Morgan fingerprint density at radius 1 is 1.29 bits per heavy atom. The van der Waals surface area contributed by atoms with Crippen molar-refractivity contribution in [1.82, 2.24) is 5.32 Å². The van der Waals surface area contributed by atoms with Crippen molar-refractivity contribution >= 4 is 17.8 Å². The molecule has 0 aliphatic carbocycles. The summed E-state index contributed by atoms with van der Waals surface area (Å²) < 4.78 is 4.41. The van der Waals surface area contributed by atoms with Crippen LogP contribution < -0.4 is 5.32 Å². The quantitative estimate of drug-likeness (QED) is 0.690. The highest BCUT2D eigenvalue weighted by atomic mass is 16.5. The van der Waals surface area contributed by atoms with E-state index < -0.39 is 23.4 Å². The number of hydrogen-bond acceptors (Lipinski definition) is 4. The summed E-state index contributed by atoms with van der Waals surface area (Å²) in [5, 5.41) is 11.3. The lowest BCUT2D eigenvalue weighted by molar-refractivity contribution is -0.145. The van der Waals surface area contributed by atoms with Crippen LogP contribution in [0.4, 0.5) is 0 Å².